The van der Waals surface area contributed by atoms with Crippen LogP contribution in [0, 0.1) is 0 Å². The Hall–Kier alpha value is -2.50. The van der Waals surface area contributed by atoms with Crippen molar-refractivity contribution in [2.75, 3.05) is 17.7 Å². The number of ether oxygens (including phenoxy) is 1. The number of hydrogen-bond acceptors (Lipinski definition) is 4. The molecule has 1 heterocycles. The molecule has 6 nitrogen and oxygen atoms in total. The van der Waals surface area contributed by atoms with Gasteiger partial charge in [0.25, 0.3) is 5.91 Å². The molecule has 0 fully saturated rings. The van der Waals surface area contributed by atoms with Crippen LogP contribution in [-0.4, -0.2) is 22.3 Å². The number of para-hydroxylation sites is 1. The maximum atomic E-state index is 11.7. The van der Waals surface area contributed by atoms with Crippen LogP contribution in [-0.2, 0) is 11.8 Å². The van der Waals surface area contributed by atoms with Crippen LogP contribution in [0.2, 0.25) is 0 Å². The van der Waals surface area contributed by atoms with Crippen molar-refractivity contribution < 1.29 is 9.53 Å². The van der Waals surface area contributed by atoms with Crippen molar-refractivity contribution in [3.05, 3.63) is 36.5 Å². The van der Waals surface area contributed by atoms with E-state index in [1.165, 1.54) is 10.9 Å². The van der Waals surface area contributed by atoms with E-state index < -0.39 is 0 Å². The molecule has 6 heteroatoms. The Morgan fingerprint density at radius 1 is 1.44 bits per heavy atom. The minimum Gasteiger partial charge on any atom is -0.484 e. The van der Waals surface area contributed by atoms with Crippen molar-refractivity contribution >= 4 is 17.4 Å². The number of hydrogen-bond donors (Lipinski definition) is 2. The summed E-state index contributed by atoms with van der Waals surface area (Å²) in [5.41, 5.74) is 6.08. The maximum absolute atomic E-state index is 11.7. The molecular weight excluding hydrogens is 232 g/mol. The average Bonchev–Trinajstić information content (AvgIpc) is 2.69. The minimum atomic E-state index is -0.283. The molecule has 0 radical (unpaired) electrons. The molecule has 1 aromatic carbocycles. The highest BCUT2D eigenvalue weighted by atomic mass is 16.5. The molecule has 0 spiro atoms. The molecule has 0 aliphatic rings. The molecule has 0 aliphatic carbocycles. The Labute approximate surface area is 104 Å². The third-order valence-electron chi connectivity index (χ3n) is 2.34. The van der Waals surface area contributed by atoms with Crippen molar-refractivity contribution in [3.63, 3.8) is 0 Å². The van der Waals surface area contributed by atoms with Crippen LogP contribution in [0.15, 0.2) is 36.5 Å². The Kier molecular flexibility index (Phi) is 3.47. The summed E-state index contributed by atoms with van der Waals surface area (Å²) in [5, 5.41) is 6.56. The zero-order valence-electron chi connectivity index (χ0n) is 9.96. The first-order valence-electron chi connectivity index (χ1n) is 5.42. The van der Waals surface area contributed by atoms with E-state index in [4.69, 9.17) is 10.5 Å². The SMILES string of the molecule is Cn1ncc(N)c1NC(=O)COc1ccccc1. The predicted octanol–water partition coefficient (Wildman–Crippen LogP) is 1.02. The first-order valence-corrected chi connectivity index (χ1v) is 5.42. The van der Waals surface area contributed by atoms with Crippen molar-refractivity contribution in [2.24, 2.45) is 7.05 Å². The minimum absolute atomic E-state index is 0.0748. The average molecular weight is 246 g/mol. The topological polar surface area (TPSA) is 82.2 Å². The number of aryl methyl sites for hydroxylation is 1. The number of carbonyl (C=O) groups excluding carboxylic acids is 1. The summed E-state index contributed by atoms with van der Waals surface area (Å²) in [4.78, 5) is 11.7. The monoisotopic (exact) mass is 246 g/mol. The van der Waals surface area contributed by atoms with E-state index in [2.05, 4.69) is 10.4 Å². The van der Waals surface area contributed by atoms with Gasteiger partial charge in [0.15, 0.2) is 12.4 Å². The van der Waals surface area contributed by atoms with Gasteiger partial charge in [-0.2, -0.15) is 5.10 Å². The summed E-state index contributed by atoms with van der Waals surface area (Å²) in [7, 11) is 1.70. The Bertz CT molecular complexity index is 517. The van der Waals surface area contributed by atoms with Crippen LogP contribution in [0.25, 0.3) is 0 Å². The molecule has 0 bridgehead atoms. The van der Waals surface area contributed by atoms with E-state index >= 15 is 0 Å². The maximum Gasteiger partial charge on any atom is 0.263 e. The summed E-state index contributed by atoms with van der Waals surface area (Å²) in [6.07, 6.45) is 1.48. The van der Waals surface area contributed by atoms with E-state index in [1.54, 1.807) is 19.2 Å². The van der Waals surface area contributed by atoms with Crippen LogP contribution in [0.1, 0.15) is 0 Å². The molecule has 94 valence electrons. The van der Waals surface area contributed by atoms with Crippen molar-refractivity contribution in [1.82, 2.24) is 9.78 Å². The second kappa shape index (κ2) is 5.22. The van der Waals surface area contributed by atoms with Gasteiger partial charge in [0, 0.05) is 7.05 Å². The summed E-state index contributed by atoms with van der Waals surface area (Å²) < 4.78 is 6.81. The molecule has 1 aromatic heterocycles. The predicted molar refractivity (Wildman–Crippen MR) is 68.2 cm³/mol. The Balaban J connectivity index is 1.90. The number of benzene rings is 1. The lowest BCUT2D eigenvalue weighted by Crippen LogP contribution is -2.22. The molecule has 3 N–H and O–H groups in total. The lowest BCUT2D eigenvalue weighted by Gasteiger charge is -2.08. The van der Waals surface area contributed by atoms with Gasteiger partial charge >= 0.3 is 0 Å². The number of nitrogens with zero attached hydrogens (tertiary/aromatic N) is 2. The number of aromatic nitrogens is 2. The van der Waals surface area contributed by atoms with Crippen LogP contribution in [0.3, 0.4) is 0 Å². The standard InChI is InChI=1S/C12H14N4O2/c1-16-12(10(13)7-14-16)15-11(17)8-18-9-5-3-2-4-6-9/h2-7H,8,13H2,1H3,(H,15,17). The highest BCUT2D eigenvalue weighted by Crippen LogP contribution is 2.15. The van der Waals surface area contributed by atoms with Gasteiger partial charge in [-0.15, -0.1) is 0 Å². The number of carbonyl (C=O) groups is 1. The van der Waals surface area contributed by atoms with E-state index in [1.807, 2.05) is 18.2 Å². The van der Waals surface area contributed by atoms with Gasteiger partial charge in [-0.3, -0.25) is 9.48 Å². The molecule has 2 aromatic rings. The molecule has 2 rings (SSSR count). The van der Waals surface area contributed by atoms with Crippen LogP contribution >= 0.6 is 0 Å². The van der Waals surface area contributed by atoms with Gasteiger partial charge in [-0.1, -0.05) is 18.2 Å². The summed E-state index contributed by atoms with van der Waals surface area (Å²) >= 11 is 0. The number of rotatable bonds is 4. The zero-order valence-corrected chi connectivity index (χ0v) is 9.96. The highest BCUT2D eigenvalue weighted by Gasteiger charge is 2.09. The first kappa shape index (κ1) is 12.0. The molecule has 0 aliphatic heterocycles. The Morgan fingerprint density at radius 3 is 2.78 bits per heavy atom. The van der Waals surface area contributed by atoms with Crippen LogP contribution in [0.4, 0.5) is 11.5 Å². The van der Waals surface area contributed by atoms with E-state index in [-0.39, 0.29) is 12.5 Å². The fourth-order valence-electron chi connectivity index (χ4n) is 1.44. The van der Waals surface area contributed by atoms with Crippen LogP contribution in [0.5, 0.6) is 5.75 Å². The Morgan fingerprint density at radius 2 is 2.17 bits per heavy atom. The van der Waals surface area contributed by atoms with Gasteiger partial charge in [-0.25, -0.2) is 0 Å². The normalized spacial score (nSPS) is 10.1. The van der Waals surface area contributed by atoms with Crippen molar-refractivity contribution in [1.29, 1.82) is 0 Å². The summed E-state index contributed by atoms with van der Waals surface area (Å²) in [5.74, 6) is 0.830. The van der Waals surface area contributed by atoms with Gasteiger partial charge in [-0.05, 0) is 12.1 Å². The van der Waals surface area contributed by atoms with Crippen LogP contribution < -0.4 is 15.8 Å². The second-order valence-electron chi connectivity index (χ2n) is 3.72. The number of nitrogens with two attached hydrogens (primary N) is 1. The number of nitrogen functional groups attached to an aromatic ring is 1. The molecule has 1 amide bonds. The fraction of sp³-hybridized carbons (Fsp3) is 0.167. The third-order valence-corrected chi connectivity index (χ3v) is 2.34. The largest absolute Gasteiger partial charge is 0.484 e. The molecule has 0 atom stereocenters. The quantitative estimate of drug-likeness (QED) is 0.843. The third kappa shape index (κ3) is 2.79. The highest BCUT2D eigenvalue weighted by molar-refractivity contribution is 5.93. The fourth-order valence-corrected chi connectivity index (χ4v) is 1.44. The summed E-state index contributed by atoms with van der Waals surface area (Å²) in [6, 6.07) is 9.12. The number of amides is 1. The molecule has 0 saturated heterocycles. The van der Waals surface area contributed by atoms with Gasteiger partial charge in [0.2, 0.25) is 0 Å². The van der Waals surface area contributed by atoms with Gasteiger partial charge in [0.05, 0.1) is 11.9 Å². The van der Waals surface area contributed by atoms with E-state index in [9.17, 15) is 4.79 Å². The number of nitrogens with one attached hydrogen (secondary N) is 1. The lowest BCUT2D eigenvalue weighted by atomic mass is 10.3. The molecule has 18 heavy (non-hydrogen) atoms. The van der Waals surface area contributed by atoms with E-state index in [0.717, 1.165) is 0 Å². The van der Waals surface area contributed by atoms with E-state index in [0.29, 0.717) is 17.3 Å². The smallest absolute Gasteiger partial charge is 0.263 e. The summed E-state index contributed by atoms with van der Waals surface area (Å²) in [6.45, 7) is -0.0748. The number of anilines is 2. The second-order valence-corrected chi connectivity index (χ2v) is 3.72. The van der Waals surface area contributed by atoms with Crippen molar-refractivity contribution in [2.45, 2.75) is 0 Å². The van der Waals surface area contributed by atoms with Gasteiger partial charge in [0.1, 0.15) is 5.75 Å². The molecular formula is C12H14N4O2. The molecule has 0 unspecified atom stereocenters. The first-order chi connectivity index (χ1) is 8.66. The van der Waals surface area contributed by atoms with Crippen molar-refractivity contribution in [3.8, 4) is 5.75 Å². The zero-order chi connectivity index (χ0) is 13.0. The molecule has 0 saturated carbocycles. The van der Waals surface area contributed by atoms with Gasteiger partial charge < -0.3 is 15.8 Å². The lowest BCUT2D eigenvalue weighted by molar-refractivity contribution is -0.118.